The first-order valence-electron chi connectivity index (χ1n) is 7.32. The van der Waals surface area contributed by atoms with Crippen molar-refractivity contribution in [2.24, 2.45) is 0 Å². The zero-order chi connectivity index (χ0) is 18.7. The van der Waals surface area contributed by atoms with Gasteiger partial charge in [-0.3, -0.25) is 25.2 Å². The molecule has 1 heterocycles. The van der Waals surface area contributed by atoms with E-state index >= 15 is 0 Å². The van der Waals surface area contributed by atoms with Crippen molar-refractivity contribution in [3.8, 4) is 0 Å². The van der Waals surface area contributed by atoms with Gasteiger partial charge in [-0.1, -0.05) is 40.5 Å². The Hall–Kier alpha value is -2.97. The molecule has 0 aliphatic carbocycles. The molecule has 0 spiro atoms. The Bertz CT molecular complexity index is 1070. The van der Waals surface area contributed by atoms with Gasteiger partial charge in [-0.05, 0) is 30.3 Å². The van der Waals surface area contributed by atoms with E-state index in [0.717, 1.165) is 4.68 Å². The minimum absolute atomic E-state index is 0.0992. The highest BCUT2D eigenvalue weighted by Gasteiger charge is 2.13. The van der Waals surface area contributed by atoms with Crippen molar-refractivity contribution in [3.63, 3.8) is 0 Å². The van der Waals surface area contributed by atoms with Gasteiger partial charge in [-0.25, -0.2) is 4.68 Å². The van der Waals surface area contributed by atoms with Crippen LogP contribution in [0, 0.1) is 0 Å². The van der Waals surface area contributed by atoms with Gasteiger partial charge < -0.3 is 0 Å². The van der Waals surface area contributed by atoms with Crippen molar-refractivity contribution in [1.29, 1.82) is 0 Å². The average molecular weight is 392 g/mol. The number of fused-ring (bicyclic) bond motifs is 1. The normalized spacial score (nSPS) is 10.5. The average Bonchev–Trinajstić information content (AvgIpc) is 2.64. The maximum Gasteiger partial charge on any atom is 0.278 e. The van der Waals surface area contributed by atoms with Crippen LogP contribution >= 0.6 is 23.2 Å². The van der Waals surface area contributed by atoms with Crippen LogP contribution in [-0.4, -0.2) is 26.8 Å². The zero-order valence-electron chi connectivity index (χ0n) is 13.1. The van der Waals surface area contributed by atoms with Crippen LogP contribution < -0.4 is 16.4 Å². The molecule has 2 amide bonds. The number of carbonyl (C=O) groups excluding carboxylic acids is 2. The largest absolute Gasteiger partial charge is 0.278 e. The molecule has 2 N–H and O–H groups in total. The number of rotatable bonds is 3. The van der Waals surface area contributed by atoms with Crippen LogP contribution in [0.5, 0.6) is 0 Å². The summed E-state index contributed by atoms with van der Waals surface area (Å²) in [4.78, 5) is 36.3. The summed E-state index contributed by atoms with van der Waals surface area (Å²) in [5.41, 5.74) is 4.45. The fraction of sp³-hybridized carbons (Fsp3) is 0.0625. The lowest BCUT2D eigenvalue weighted by Gasteiger charge is -2.09. The number of hydrogen-bond donors (Lipinski definition) is 2. The molecule has 1 aromatic heterocycles. The number of carbonyl (C=O) groups is 2. The van der Waals surface area contributed by atoms with Crippen LogP contribution in [-0.2, 0) is 11.3 Å². The van der Waals surface area contributed by atoms with Crippen molar-refractivity contribution in [3.05, 3.63) is 68.4 Å². The fourth-order valence-corrected chi connectivity index (χ4v) is 2.54. The summed E-state index contributed by atoms with van der Waals surface area (Å²) in [5, 5.41) is 8.41. The van der Waals surface area contributed by atoms with Crippen LogP contribution in [0.2, 0.25) is 10.0 Å². The second kappa shape index (κ2) is 7.51. The first kappa shape index (κ1) is 17.8. The highest BCUT2D eigenvalue weighted by atomic mass is 35.5. The standard InChI is InChI=1S/C16H11Cl2N5O3/c17-9-5-6-12(18)11(7-9)15(25)21-20-14(24)8-23-16(26)10-3-1-2-4-13(10)19-22-23/h1-7H,8H2,(H,20,24)(H,21,25). The third-order valence-corrected chi connectivity index (χ3v) is 3.98. The number of halogens is 2. The van der Waals surface area contributed by atoms with E-state index in [4.69, 9.17) is 23.2 Å². The predicted octanol–water partition coefficient (Wildman–Crippen LogP) is 1.56. The molecular formula is C16H11Cl2N5O3. The number of nitrogens with zero attached hydrogens (tertiary/aromatic N) is 3. The van der Waals surface area contributed by atoms with E-state index in [0.29, 0.717) is 15.9 Å². The maximum atomic E-state index is 12.3. The minimum Gasteiger partial charge on any atom is -0.271 e. The van der Waals surface area contributed by atoms with E-state index in [1.54, 1.807) is 24.3 Å². The summed E-state index contributed by atoms with van der Waals surface area (Å²) in [6.45, 7) is -0.416. The molecule has 0 atom stereocenters. The lowest BCUT2D eigenvalue weighted by atomic mass is 10.2. The molecule has 3 aromatic rings. The van der Waals surface area contributed by atoms with Crippen molar-refractivity contribution < 1.29 is 9.59 Å². The van der Waals surface area contributed by atoms with Crippen LogP contribution in [0.3, 0.4) is 0 Å². The lowest BCUT2D eigenvalue weighted by molar-refractivity contribution is -0.122. The summed E-state index contributed by atoms with van der Waals surface area (Å²) >= 11 is 11.7. The highest BCUT2D eigenvalue weighted by molar-refractivity contribution is 6.35. The molecule has 0 saturated heterocycles. The lowest BCUT2D eigenvalue weighted by Crippen LogP contribution is -2.44. The summed E-state index contributed by atoms with van der Waals surface area (Å²) in [7, 11) is 0. The smallest absolute Gasteiger partial charge is 0.271 e. The van der Waals surface area contributed by atoms with E-state index in [1.807, 2.05) is 0 Å². The molecule has 132 valence electrons. The number of benzene rings is 2. The topological polar surface area (TPSA) is 106 Å². The predicted molar refractivity (Wildman–Crippen MR) is 95.9 cm³/mol. The zero-order valence-corrected chi connectivity index (χ0v) is 14.6. The molecule has 26 heavy (non-hydrogen) atoms. The molecule has 3 rings (SSSR count). The Morgan fingerprint density at radius 2 is 1.85 bits per heavy atom. The van der Waals surface area contributed by atoms with Gasteiger partial charge in [-0.15, -0.1) is 5.10 Å². The number of amides is 2. The van der Waals surface area contributed by atoms with E-state index in [-0.39, 0.29) is 10.6 Å². The van der Waals surface area contributed by atoms with Crippen LogP contribution in [0.4, 0.5) is 0 Å². The number of nitrogens with one attached hydrogen (secondary N) is 2. The Morgan fingerprint density at radius 1 is 1.08 bits per heavy atom. The van der Waals surface area contributed by atoms with Gasteiger partial charge in [0.2, 0.25) is 0 Å². The first-order chi connectivity index (χ1) is 12.5. The Labute approximate surface area is 156 Å². The fourth-order valence-electron chi connectivity index (χ4n) is 2.17. The van der Waals surface area contributed by atoms with Crippen molar-refractivity contribution in [2.45, 2.75) is 6.54 Å². The third-order valence-electron chi connectivity index (χ3n) is 3.41. The third kappa shape index (κ3) is 3.81. The second-order valence-electron chi connectivity index (χ2n) is 5.20. The van der Waals surface area contributed by atoms with Crippen LogP contribution in [0.15, 0.2) is 47.3 Å². The first-order valence-corrected chi connectivity index (χ1v) is 8.08. The summed E-state index contributed by atoms with van der Waals surface area (Å²) in [6, 6.07) is 11.0. The van der Waals surface area contributed by atoms with Gasteiger partial charge >= 0.3 is 0 Å². The van der Waals surface area contributed by atoms with E-state index < -0.39 is 23.9 Å². The van der Waals surface area contributed by atoms with Crippen LogP contribution in [0.25, 0.3) is 10.9 Å². The van der Waals surface area contributed by atoms with Gasteiger partial charge in [0.1, 0.15) is 12.1 Å². The SMILES string of the molecule is O=C(Cn1nnc2ccccc2c1=O)NNC(=O)c1cc(Cl)ccc1Cl. The quantitative estimate of drug-likeness (QED) is 0.658. The number of aromatic nitrogens is 3. The Morgan fingerprint density at radius 3 is 2.65 bits per heavy atom. The molecule has 0 fully saturated rings. The maximum absolute atomic E-state index is 12.3. The van der Waals surface area contributed by atoms with Crippen molar-refractivity contribution in [2.75, 3.05) is 0 Å². The molecular weight excluding hydrogens is 381 g/mol. The van der Waals surface area contributed by atoms with E-state index in [1.165, 1.54) is 18.2 Å². The summed E-state index contributed by atoms with van der Waals surface area (Å²) in [5.74, 6) is -1.31. The van der Waals surface area contributed by atoms with Crippen LogP contribution in [0.1, 0.15) is 10.4 Å². The van der Waals surface area contributed by atoms with Gasteiger partial charge in [0.25, 0.3) is 17.4 Å². The van der Waals surface area contributed by atoms with E-state index in [2.05, 4.69) is 21.2 Å². The minimum atomic E-state index is -0.664. The summed E-state index contributed by atoms with van der Waals surface area (Å²) < 4.78 is 0.899. The second-order valence-corrected chi connectivity index (χ2v) is 6.04. The van der Waals surface area contributed by atoms with Gasteiger partial charge in [0.05, 0.1) is 16.0 Å². The molecule has 8 nitrogen and oxygen atoms in total. The monoisotopic (exact) mass is 391 g/mol. The van der Waals surface area contributed by atoms with E-state index in [9.17, 15) is 14.4 Å². The number of hydrazine groups is 1. The molecule has 2 aromatic carbocycles. The molecule has 0 saturated carbocycles. The van der Waals surface area contributed by atoms with Gasteiger partial charge in [0, 0.05) is 5.02 Å². The van der Waals surface area contributed by atoms with Gasteiger partial charge in [0.15, 0.2) is 0 Å². The Balaban J connectivity index is 1.68. The highest BCUT2D eigenvalue weighted by Crippen LogP contribution is 2.20. The molecule has 10 heteroatoms. The molecule has 0 unspecified atom stereocenters. The number of hydrogen-bond acceptors (Lipinski definition) is 5. The molecule has 0 aliphatic rings. The molecule has 0 radical (unpaired) electrons. The van der Waals surface area contributed by atoms with Gasteiger partial charge in [-0.2, -0.15) is 0 Å². The summed E-state index contributed by atoms with van der Waals surface area (Å²) in [6.07, 6.45) is 0. The Kier molecular flexibility index (Phi) is 5.15. The molecule has 0 bridgehead atoms. The van der Waals surface area contributed by atoms with Crippen molar-refractivity contribution >= 4 is 45.9 Å². The molecule has 0 aliphatic heterocycles. The van der Waals surface area contributed by atoms with Crippen molar-refractivity contribution in [1.82, 2.24) is 25.8 Å².